The molecule has 1 aliphatic rings. The van der Waals surface area contributed by atoms with Gasteiger partial charge in [-0.15, -0.1) is 0 Å². The lowest BCUT2D eigenvalue weighted by Gasteiger charge is -2.17. The Balaban J connectivity index is 1.47. The minimum atomic E-state index is 0.265. The van der Waals surface area contributed by atoms with E-state index < -0.39 is 0 Å². The number of hydrogen-bond acceptors (Lipinski definition) is 8. The number of rotatable bonds is 7. The number of aromatic amines is 1. The van der Waals surface area contributed by atoms with Crippen LogP contribution in [0.4, 0.5) is 17.3 Å². The van der Waals surface area contributed by atoms with Gasteiger partial charge in [-0.1, -0.05) is 6.92 Å². The topological polar surface area (TPSA) is 115 Å². The summed E-state index contributed by atoms with van der Waals surface area (Å²) in [6.07, 6.45) is 4.05. The first-order valence-corrected chi connectivity index (χ1v) is 9.90. The second-order valence-corrected chi connectivity index (χ2v) is 7.13. The Morgan fingerprint density at radius 1 is 1.27 bits per heavy atom. The van der Waals surface area contributed by atoms with E-state index in [1.54, 1.807) is 7.11 Å². The predicted molar refractivity (Wildman–Crippen MR) is 115 cm³/mol. The number of likely N-dealkylation sites (N-methyl/N-ethyl adjacent to an activating group) is 1. The van der Waals surface area contributed by atoms with Crippen molar-refractivity contribution < 1.29 is 4.74 Å². The third-order valence-electron chi connectivity index (χ3n) is 5.18. The third kappa shape index (κ3) is 4.34. The minimum Gasteiger partial charge on any atom is -0.496 e. The van der Waals surface area contributed by atoms with E-state index in [2.05, 4.69) is 48.7 Å². The first kappa shape index (κ1) is 19.7. The number of aromatic nitrogens is 4. The quantitative estimate of drug-likeness (QED) is 0.551. The number of anilines is 3. The minimum absolute atomic E-state index is 0.265. The van der Waals surface area contributed by atoms with Crippen LogP contribution in [0, 0.1) is 11.3 Å². The summed E-state index contributed by atoms with van der Waals surface area (Å²) < 4.78 is 5.63. The van der Waals surface area contributed by atoms with E-state index in [-0.39, 0.29) is 5.69 Å². The lowest BCUT2D eigenvalue weighted by Crippen LogP contribution is -2.25. The van der Waals surface area contributed by atoms with Crippen LogP contribution in [0.15, 0.2) is 36.7 Å². The molecule has 3 heterocycles. The zero-order valence-electron chi connectivity index (χ0n) is 17.0. The molecule has 1 saturated heterocycles. The van der Waals surface area contributed by atoms with Crippen molar-refractivity contribution >= 4 is 17.3 Å². The highest BCUT2D eigenvalue weighted by Crippen LogP contribution is 2.33. The van der Waals surface area contributed by atoms with Gasteiger partial charge in [-0.2, -0.15) is 10.4 Å². The summed E-state index contributed by atoms with van der Waals surface area (Å²) in [5, 5.41) is 22.8. The Labute approximate surface area is 175 Å². The zero-order chi connectivity index (χ0) is 20.9. The van der Waals surface area contributed by atoms with Crippen LogP contribution in [0.2, 0.25) is 0 Å². The molecule has 4 rings (SSSR count). The van der Waals surface area contributed by atoms with Gasteiger partial charge in [0.25, 0.3) is 0 Å². The summed E-state index contributed by atoms with van der Waals surface area (Å²) in [5.74, 6) is 1.87. The zero-order valence-corrected chi connectivity index (χ0v) is 17.0. The summed E-state index contributed by atoms with van der Waals surface area (Å²) in [7, 11) is 1.67. The van der Waals surface area contributed by atoms with Crippen LogP contribution in [-0.2, 0) is 0 Å². The van der Waals surface area contributed by atoms with Gasteiger partial charge < -0.3 is 20.3 Å². The van der Waals surface area contributed by atoms with Crippen LogP contribution in [0.1, 0.15) is 19.0 Å². The summed E-state index contributed by atoms with van der Waals surface area (Å²) in [6.45, 7) is 5.48. The number of ether oxygens (including phenoxy) is 1. The Morgan fingerprint density at radius 2 is 2.17 bits per heavy atom. The Kier molecular flexibility index (Phi) is 5.77. The van der Waals surface area contributed by atoms with Crippen molar-refractivity contribution in [2.24, 2.45) is 0 Å². The van der Waals surface area contributed by atoms with Crippen LogP contribution in [0.3, 0.4) is 0 Å². The molecule has 154 valence electrons. The van der Waals surface area contributed by atoms with Crippen LogP contribution in [0.5, 0.6) is 5.75 Å². The van der Waals surface area contributed by atoms with Crippen molar-refractivity contribution in [2.45, 2.75) is 19.4 Å². The van der Waals surface area contributed by atoms with E-state index in [9.17, 15) is 0 Å². The average molecular weight is 404 g/mol. The number of nitriles is 1. The summed E-state index contributed by atoms with van der Waals surface area (Å²) in [4.78, 5) is 10.6. The van der Waals surface area contributed by atoms with Crippen LogP contribution in [0.25, 0.3) is 11.3 Å². The van der Waals surface area contributed by atoms with Gasteiger partial charge >= 0.3 is 0 Å². The molecular formula is C21H24N8O. The molecule has 1 fully saturated rings. The number of nitrogens with one attached hydrogen (secondary N) is 3. The van der Waals surface area contributed by atoms with Crippen molar-refractivity contribution in [1.29, 1.82) is 5.26 Å². The van der Waals surface area contributed by atoms with Gasteiger partial charge in [0.2, 0.25) is 0 Å². The normalized spacial score (nSPS) is 16.2. The molecular weight excluding hydrogens is 380 g/mol. The maximum atomic E-state index is 8.81. The van der Waals surface area contributed by atoms with Gasteiger partial charge in [-0.05, 0) is 25.1 Å². The molecule has 3 N–H and O–H groups in total. The van der Waals surface area contributed by atoms with Gasteiger partial charge in [0.05, 0.1) is 25.2 Å². The molecule has 0 unspecified atom stereocenters. The molecule has 9 heteroatoms. The molecule has 30 heavy (non-hydrogen) atoms. The summed E-state index contributed by atoms with van der Waals surface area (Å²) in [5.41, 5.74) is 3.04. The fourth-order valence-corrected chi connectivity index (χ4v) is 3.58. The van der Waals surface area contributed by atoms with Crippen molar-refractivity contribution in [1.82, 2.24) is 25.1 Å². The molecule has 0 spiro atoms. The highest BCUT2D eigenvalue weighted by molar-refractivity contribution is 5.73. The van der Waals surface area contributed by atoms with Gasteiger partial charge in [-0.25, -0.2) is 9.97 Å². The number of likely N-dealkylation sites (tertiary alicyclic amines) is 1. The highest BCUT2D eigenvalue weighted by Gasteiger charge is 2.21. The SMILES string of the molecule is CCN1CC[C@@H](Nc2ccc(-c3cc(Nc4cnc(C#N)cn4)n[nH]3)c(OC)c2)C1. The summed E-state index contributed by atoms with van der Waals surface area (Å²) in [6, 6.07) is 10.4. The maximum Gasteiger partial charge on any atom is 0.158 e. The molecule has 2 aromatic heterocycles. The van der Waals surface area contributed by atoms with Crippen molar-refractivity contribution in [3.63, 3.8) is 0 Å². The molecule has 1 aliphatic heterocycles. The number of hydrogen-bond donors (Lipinski definition) is 3. The molecule has 0 bridgehead atoms. The summed E-state index contributed by atoms with van der Waals surface area (Å²) >= 11 is 0. The number of nitrogens with zero attached hydrogens (tertiary/aromatic N) is 5. The predicted octanol–water partition coefficient (Wildman–Crippen LogP) is 3.00. The second-order valence-electron chi connectivity index (χ2n) is 7.13. The van der Waals surface area contributed by atoms with E-state index in [1.165, 1.54) is 12.4 Å². The van der Waals surface area contributed by atoms with Crippen molar-refractivity contribution in [3.05, 3.63) is 42.4 Å². The highest BCUT2D eigenvalue weighted by atomic mass is 16.5. The smallest absolute Gasteiger partial charge is 0.158 e. The second kappa shape index (κ2) is 8.80. The molecule has 0 radical (unpaired) electrons. The number of H-pyrrole nitrogens is 1. The molecule has 0 saturated carbocycles. The molecule has 1 aromatic carbocycles. The van der Waals surface area contributed by atoms with Crippen LogP contribution < -0.4 is 15.4 Å². The fourth-order valence-electron chi connectivity index (χ4n) is 3.58. The van der Waals surface area contributed by atoms with E-state index in [0.29, 0.717) is 17.7 Å². The maximum absolute atomic E-state index is 8.81. The Hall–Kier alpha value is -3.64. The molecule has 0 aliphatic carbocycles. The molecule has 9 nitrogen and oxygen atoms in total. The molecule has 0 amide bonds. The van der Waals surface area contributed by atoms with Gasteiger partial charge in [0.15, 0.2) is 11.5 Å². The van der Waals surface area contributed by atoms with Crippen LogP contribution >= 0.6 is 0 Å². The first-order valence-electron chi connectivity index (χ1n) is 9.90. The Morgan fingerprint density at radius 3 is 2.87 bits per heavy atom. The van der Waals surface area contributed by atoms with Crippen molar-refractivity contribution in [3.8, 4) is 23.1 Å². The standard InChI is InChI=1S/C21H24N8O/c1-3-29-7-6-15(13-29)25-14-4-5-17(19(8-14)30-2)18-9-20(28-27-18)26-21-12-23-16(10-22)11-24-21/h4-5,8-9,11-12,15,25H,3,6-7,13H2,1-2H3,(H2,24,26,27,28)/t15-/m1/s1. The molecule has 3 aromatic rings. The van der Waals surface area contributed by atoms with E-state index in [0.717, 1.165) is 48.7 Å². The van der Waals surface area contributed by atoms with E-state index >= 15 is 0 Å². The molecule has 1 atom stereocenters. The van der Waals surface area contributed by atoms with Crippen LogP contribution in [-0.4, -0.2) is 57.9 Å². The number of methoxy groups -OCH3 is 1. The lowest BCUT2D eigenvalue weighted by molar-refractivity contribution is 0.356. The number of benzene rings is 1. The first-order chi connectivity index (χ1) is 14.7. The fraction of sp³-hybridized carbons (Fsp3) is 0.333. The van der Waals surface area contributed by atoms with Crippen molar-refractivity contribution in [2.75, 3.05) is 37.4 Å². The monoisotopic (exact) mass is 404 g/mol. The largest absolute Gasteiger partial charge is 0.496 e. The van der Waals surface area contributed by atoms with E-state index in [4.69, 9.17) is 10.00 Å². The van der Waals surface area contributed by atoms with Gasteiger partial charge in [-0.3, -0.25) is 5.10 Å². The third-order valence-corrected chi connectivity index (χ3v) is 5.18. The lowest BCUT2D eigenvalue weighted by atomic mass is 10.1. The van der Waals surface area contributed by atoms with E-state index in [1.807, 2.05) is 24.3 Å². The van der Waals surface area contributed by atoms with Gasteiger partial charge in [0.1, 0.15) is 17.6 Å². The average Bonchev–Trinajstić information content (AvgIpc) is 3.43. The van der Waals surface area contributed by atoms with Gasteiger partial charge in [0, 0.05) is 42.5 Å². The Bertz CT molecular complexity index is 1040.